The van der Waals surface area contributed by atoms with Gasteiger partial charge in [0.25, 0.3) is 5.91 Å². The molecular weight excluding hydrogens is 410 g/mol. The Labute approximate surface area is 189 Å². The Hall–Kier alpha value is -2.93. The summed E-state index contributed by atoms with van der Waals surface area (Å²) in [5.41, 5.74) is 2.32. The SMILES string of the molecule is CCCCCCOc1ccc(C(=O)NC(=S)Nc2ccc(CCC(=O)NC)cc2)cc1. The summed E-state index contributed by atoms with van der Waals surface area (Å²) in [6, 6.07) is 14.6. The van der Waals surface area contributed by atoms with Crippen molar-refractivity contribution >= 4 is 34.8 Å². The zero-order chi connectivity index (χ0) is 22.5. The molecule has 166 valence electrons. The van der Waals surface area contributed by atoms with Crippen LogP contribution in [0.15, 0.2) is 48.5 Å². The van der Waals surface area contributed by atoms with Gasteiger partial charge in [0.05, 0.1) is 6.61 Å². The summed E-state index contributed by atoms with van der Waals surface area (Å²) in [6.07, 6.45) is 5.73. The Balaban J connectivity index is 1.77. The van der Waals surface area contributed by atoms with Crippen molar-refractivity contribution in [2.75, 3.05) is 19.0 Å². The summed E-state index contributed by atoms with van der Waals surface area (Å²) < 4.78 is 5.70. The van der Waals surface area contributed by atoms with Gasteiger partial charge in [-0.15, -0.1) is 0 Å². The van der Waals surface area contributed by atoms with E-state index < -0.39 is 0 Å². The van der Waals surface area contributed by atoms with E-state index >= 15 is 0 Å². The number of anilines is 1. The average Bonchev–Trinajstić information content (AvgIpc) is 2.78. The Bertz CT molecular complexity index is 851. The second-order valence-corrected chi connectivity index (χ2v) is 7.62. The van der Waals surface area contributed by atoms with Crippen LogP contribution < -0.4 is 20.7 Å². The first kappa shape index (κ1) is 24.3. The molecule has 6 nitrogen and oxygen atoms in total. The lowest BCUT2D eigenvalue weighted by Crippen LogP contribution is -2.34. The summed E-state index contributed by atoms with van der Waals surface area (Å²) in [6.45, 7) is 2.86. The Morgan fingerprint density at radius 1 is 0.968 bits per heavy atom. The maximum absolute atomic E-state index is 12.4. The van der Waals surface area contributed by atoms with Crippen LogP contribution in [0.1, 0.15) is 54.9 Å². The first-order chi connectivity index (χ1) is 15.0. The second kappa shape index (κ2) is 13.4. The Morgan fingerprint density at radius 3 is 2.32 bits per heavy atom. The highest BCUT2D eigenvalue weighted by Gasteiger charge is 2.09. The van der Waals surface area contributed by atoms with Crippen LogP contribution in [0, 0.1) is 0 Å². The Morgan fingerprint density at radius 2 is 1.68 bits per heavy atom. The molecule has 0 atom stereocenters. The van der Waals surface area contributed by atoms with E-state index in [1.165, 1.54) is 19.3 Å². The molecule has 2 rings (SSSR count). The molecule has 0 saturated carbocycles. The smallest absolute Gasteiger partial charge is 0.257 e. The summed E-state index contributed by atoms with van der Waals surface area (Å²) in [5.74, 6) is 0.483. The van der Waals surface area contributed by atoms with Crippen LogP contribution in [0.3, 0.4) is 0 Å². The number of nitrogens with one attached hydrogen (secondary N) is 3. The predicted molar refractivity (Wildman–Crippen MR) is 129 cm³/mol. The molecule has 2 aromatic rings. The molecule has 0 unspecified atom stereocenters. The van der Waals surface area contributed by atoms with Crippen LogP contribution in [0.4, 0.5) is 5.69 Å². The van der Waals surface area contributed by atoms with Crippen molar-refractivity contribution in [3.63, 3.8) is 0 Å². The van der Waals surface area contributed by atoms with Gasteiger partial charge in [-0.05, 0) is 67.0 Å². The highest BCUT2D eigenvalue weighted by molar-refractivity contribution is 7.80. The highest BCUT2D eigenvalue weighted by atomic mass is 32.1. The van der Waals surface area contributed by atoms with E-state index in [9.17, 15) is 9.59 Å². The number of ether oxygens (including phenoxy) is 1. The third-order valence-electron chi connectivity index (χ3n) is 4.74. The maximum Gasteiger partial charge on any atom is 0.257 e. The van der Waals surface area contributed by atoms with Gasteiger partial charge in [-0.25, -0.2) is 0 Å². The van der Waals surface area contributed by atoms with Crippen LogP contribution in [0.25, 0.3) is 0 Å². The minimum Gasteiger partial charge on any atom is -0.494 e. The van der Waals surface area contributed by atoms with E-state index in [-0.39, 0.29) is 16.9 Å². The number of benzene rings is 2. The second-order valence-electron chi connectivity index (χ2n) is 7.21. The van der Waals surface area contributed by atoms with E-state index in [2.05, 4.69) is 22.9 Å². The van der Waals surface area contributed by atoms with Crippen LogP contribution >= 0.6 is 12.2 Å². The van der Waals surface area contributed by atoms with E-state index in [0.717, 1.165) is 23.4 Å². The number of hydrogen-bond acceptors (Lipinski definition) is 4. The normalized spacial score (nSPS) is 10.3. The van der Waals surface area contributed by atoms with E-state index in [1.54, 1.807) is 31.3 Å². The molecule has 0 saturated heterocycles. The quantitative estimate of drug-likeness (QED) is 0.355. The van der Waals surface area contributed by atoms with Gasteiger partial charge >= 0.3 is 0 Å². The minimum absolute atomic E-state index is 0.0117. The van der Waals surface area contributed by atoms with Crippen molar-refractivity contribution in [3.8, 4) is 5.75 Å². The van der Waals surface area contributed by atoms with Crippen LogP contribution in [0.5, 0.6) is 5.75 Å². The van der Waals surface area contributed by atoms with Crippen molar-refractivity contribution in [1.82, 2.24) is 10.6 Å². The van der Waals surface area contributed by atoms with Crippen molar-refractivity contribution in [2.24, 2.45) is 0 Å². The third kappa shape index (κ3) is 9.17. The topological polar surface area (TPSA) is 79.5 Å². The zero-order valence-corrected chi connectivity index (χ0v) is 19.0. The largest absolute Gasteiger partial charge is 0.494 e. The fraction of sp³-hybridized carbons (Fsp3) is 0.375. The van der Waals surface area contributed by atoms with Gasteiger partial charge in [-0.1, -0.05) is 38.3 Å². The third-order valence-corrected chi connectivity index (χ3v) is 4.95. The molecule has 7 heteroatoms. The molecule has 0 heterocycles. The molecule has 0 radical (unpaired) electrons. The van der Waals surface area contributed by atoms with E-state index in [0.29, 0.717) is 25.0 Å². The van der Waals surface area contributed by atoms with Crippen molar-refractivity contribution in [2.45, 2.75) is 45.4 Å². The molecule has 0 aliphatic heterocycles. The van der Waals surface area contributed by atoms with Crippen LogP contribution in [-0.4, -0.2) is 30.6 Å². The maximum atomic E-state index is 12.4. The number of unbranched alkanes of at least 4 members (excludes halogenated alkanes) is 3. The first-order valence-corrected chi connectivity index (χ1v) is 11.1. The predicted octanol–water partition coefficient (Wildman–Crippen LogP) is 4.45. The molecule has 0 aliphatic carbocycles. The van der Waals surface area contributed by atoms with E-state index in [4.69, 9.17) is 17.0 Å². The van der Waals surface area contributed by atoms with Gasteiger partial charge in [0, 0.05) is 24.7 Å². The number of rotatable bonds is 11. The lowest BCUT2D eigenvalue weighted by molar-refractivity contribution is -0.120. The molecule has 0 fully saturated rings. The molecule has 3 N–H and O–H groups in total. The highest BCUT2D eigenvalue weighted by Crippen LogP contribution is 2.14. The first-order valence-electron chi connectivity index (χ1n) is 10.7. The summed E-state index contributed by atoms with van der Waals surface area (Å²) in [7, 11) is 1.63. The lowest BCUT2D eigenvalue weighted by atomic mass is 10.1. The average molecular weight is 442 g/mol. The van der Waals surface area contributed by atoms with Gasteiger partial charge in [0.15, 0.2) is 5.11 Å². The van der Waals surface area contributed by atoms with Gasteiger partial charge in [-0.2, -0.15) is 0 Å². The van der Waals surface area contributed by atoms with Crippen LogP contribution in [0.2, 0.25) is 0 Å². The van der Waals surface area contributed by atoms with Gasteiger partial charge in [0.1, 0.15) is 5.75 Å². The fourth-order valence-electron chi connectivity index (χ4n) is 2.90. The number of amides is 2. The van der Waals surface area contributed by atoms with Crippen molar-refractivity contribution in [1.29, 1.82) is 0 Å². The summed E-state index contributed by atoms with van der Waals surface area (Å²) >= 11 is 5.24. The molecular formula is C24H31N3O3S. The van der Waals surface area contributed by atoms with E-state index in [1.807, 2.05) is 24.3 Å². The Kier molecular flexibility index (Phi) is 10.5. The monoisotopic (exact) mass is 441 g/mol. The number of aryl methyl sites for hydroxylation is 1. The summed E-state index contributed by atoms with van der Waals surface area (Å²) in [5, 5.41) is 8.51. The molecule has 2 amide bonds. The van der Waals surface area contributed by atoms with Crippen molar-refractivity contribution in [3.05, 3.63) is 59.7 Å². The van der Waals surface area contributed by atoms with Crippen molar-refractivity contribution < 1.29 is 14.3 Å². The molecule has 2 aromatic carbocycles. The van der Waals surface area contributed by atoms with Gasteiger partial charge < -0.3 is 15.4 Å². The number of carbonyl (C=O) groups is 2. The number of thiocarbonyl (C=S) groups is 1. The minimum atomic E-state index is -0.283. The number of carbonyl (C=O) groups excluding carboxylic acids is 2. The molecule has 0 bridgehead atoms. The summed E-state index contributed by atoms with van der Waals surface area (Å²) in [4.78, 5) is 23.7. The molecule has 31 heavy (non-hydrogen) atoms. The van der Waals surface area contributed by atoms with Crippen LogP contribution in [-0.2, 0) is 11.2 Å². The number of hydrogen-bond donors (Lipinski definition) is 3. The van der Waals surface area contributed by atoms with Gasteiger partial charge in [0.2, 0.25) is 5.91 Å². The molecule has 0 aliphatic rings. The fourth-order valence-corrected chi connectivity index (χ4v) is 3.11. The van der Waals surface area contributed by atoms with Gasteiger partial charge in [-0.3, -0.25) is 14.9 Å². The lowest BCUT2D eigenvalue weighted by Gasteiger charge is -2.11. The molecule has 0 spiro atoms. The zero-order valence-electron chi connectivity index (χ0n) is 18.2. The standard InChI is InChI=1S/C24H31N3O3S/c1-3-4-5-6-17-30-21-14-10-19(11-15-21)23(29)27-24(31)26-20-12-7-18(8-13-20)9-16-22(28)25-2/h7-8,10-15H,3-6,9,16-17H2,1-2H3,(H,25,28)(H2,26,27,29,31). The molecule has 0 aromatic heterocycles.